The van der Waals surface area contributed by atoms with Crippen LogP contribution in [0, 0.1) is 29.0 Å². The molecule has 2 bridgehead atoms. The van der Waals surface area contributed by atoms with Crippen molar-refractivity contribution in [2.75, 3.05) is 6.54 Å². The lowest BCUT2D eigenvalue weighted by molar-refractivity contribution is -0.124. The lowest BCUT2D eigenvalue weighted by atomic mass is 9.89. The number of hydrogen-bond acceptors (Lipinski definition) is 4. The van der Waals surface area contributed by atoms with Gasteiger partial charge in [-0.05, 0) is 65.5 Å². The van der Waals surface area contributed by atoms with Crippen LogP contribution in [0.15, 0.2) is 36.4 Å². The van der Waals surface area contributed by atoms with Gasteiger partial charge in [-0.2, -0.15) is 5.26 Å². The monoisotopic (exact) mass is 446 g/mol. The highest BCUT2D eigenvalue weighted by atomic mass is 19.1. The molecule has 33 heavy (non-hydrogen) atoms. The van der Waals surface area contributed by atoms with Gasteiger partial charge in [0.25, 0.3) is 5.91 Å². The highest BCUT2D eigenvalue weighted by Crippen LogP contribution is 2.40. The van der Waals surface area contributed by atoms with Gasteiger partial charge in [-0.3, -0.25) is 9.59 Å². The van der Waals surface area contributed by atoms with Gasteiger partial charge in [-0.15, -0.1) is 0 Å². The number of halogens is 1. The summed E-state index contributed by atoms with van der Waals surface area (Å²) in [7, 11) is 0. The van der Waals surface area contributed by atoms with Crippen LogP contribution in [0.1, 0.15) is 41.3 Å². The second-order valence-electron chi connectivity index (χ2n) is 9.53. The molecule has 1 aliphatic carbocycles. The fourth-order valence-corrected chi connectivity index (χ4v) is 5.64. The second-order valence-corrected chi connectivity index (χ2v) is 9.53. The number of nitrogens with zero attached hydrogens (tertiary/aromatic N) is 1. The first kappa shape index (κ1) is 21.6. The van der Waals surface area contributed by atoms with E-state index in [0.717, 1.165) is 30.4 Å². The molecule has 3 N–H and O–H groups in total. The van der Waals surface area contributed by atoms with Crippen molar-refractivity contribution in [3.05, 3.63) is 58.9 Å². The molecule has 0 aromatic heterocycles. The largest absolute Gasteiger partial charge is 0.352 e. The van der Waals surface area contributed by atoms with Crippen LogP contribution in [-0.4, -0.2) is 36.5 Å². The Morgan fingerprint density at radius 3 is 2.76 bits per heavy atom. The van der Waals surface area contributed by atoms with Crippen LogP contribution in [0.5, 0.6) is 0 Å². The molecule has 1 saturated heterocycles. The number of nitriles is 1. The number of benzene rings is 2. The maximum atomic E-state index is 14.9. The molecule has 2 heterocycles. The number of amides is 2. The van der Waals surface area contributed by atoms with Gasteiger partial charge in [-0.1, -0.05) is 31.2 Å². The molecule has 2 aromatic carbocycles. The predicted molar refractivity (Wildman–Crippen MR) is 122 cm³/mol. The summed E-state index contributed by atoms with van der Waals surface area (Å²) in [5.74, 6) is 0.132. The first-order valence-electron chi connectivity index (χ1n) is 11.6. The van der Waals surface area contributed by atoms with Gasteiger partial charge in [0.15, 0.2) is 0 Å². The molecule has 6 nitrogen and oxygen atoms in total. The SMILES string of the molecule is CC1CC2CC1C(C(=O)NC(C#N)Cc1ccc(-c3ccc4c(c3)CCNC4=O)cc1F)N2. The van der Waals surface area contributed by atoms with Gasteiger partial charge in [0.2, 0.25) is 5.91 Å². The van der Waals surface area contributed by atoms with E-state index < -0.39 is 11.9 Å². The van der Waals surface area contributed by atoms with Crippen molar-refractivity contribution in [2.24, 2.45) is 11.8 Å². The minimum absolute atomic E-state index is 0.0796. The Labute approximate surface area is 192 Å². The van der Waals surface area contributed by atoms with E-state index in [4.69, 9.17) is 0 Å². The van der Waals surface area contributed by atoms with E-state index in [1.807, 2.05) is 18.2 Å². The van der Waals surface area contributed by atoms with Crippen LogP contribution in [0.2, 0.25) is 0 Å². The quantitative estimate of drug-likeness (QED) is 0.658. The molecule has 0 radical (unpaired) electrons. The van der Waals surface area contributed by atoms with E-state index in [0.29, 0.717) is 41.1 Å². The Hall–Kier alpha value is -3.24. The maximum Gasteiger partial charge on any atom is 0.251 e. The topological polar surface area (TPSA) is 94.0 Å². The second kappa shape index (κ2) is 8.60. The average Bonchev–Trinajstić information content (AvgIpc) is 3.39. The Kier molecular flexibility index (Phi) is 5.63. The van der Waals surface area contributed by atoms with Crippen LogP contribution >= 0.6 is 0 Å². The molecule has 5 rings (SSSR count). The van der Waals surface area contributed by atoms with Crippen LogP contribution in [0.3, 0.4) is 0 Å². The molecule has 5 unspecified atom stereocenters. The number of nitrogens with one attached hydrogen (secondary N) is 3. The first-order valence-corrected chi connectivity index (χ1v) is 11.6. The molecular formula is C26H27FN4O2. The van der Waals surface area contributed by atoms with Crippen LogP contribution in [0.25, 0.3) is 11.1 Å². The van der Waals surface area contributed by atoms with Crippen molar-refractivity contribution in [2.45, 2.75) is 50.7 Å². The summed E-state index contributed by atoms with van der Waals surface area (Å²) in [6.45, 7) is 2.77. The highest BCUT2D eigenvalue weighted by Gasteiger charge is 2.47. The summed E-state index contributed by atoms with van der Waals surface area (Å²) >= 11 is 0. The third kappa shape index (κ3) is 4.11. The van der Waals surface area contributed by atoms with Gasteiger partial charge >= 0.3 is 0 Å². The van der Waals surface area contributed by atoms with Gasteiger partial charge in [0.1, 0.15) is 11.9 Å². The molecular weight excluding hydrogens is 419 g/mol. The standard InChI is InChI=1S/C26H27FN4O2/c1-14-8-19-12-22(14)24(30-19)26(33)31-20(13-28)10-18-3-2-16(11-23(18)27)15-4-5-21-17(9-15)6-7-29-25(21)32/h2-5,9,11,14,19-20,22,24,30H,6-8,10,12H2,1H3,(H,29,32)(H,31,33). The lowest BCUT2D eigenvalue weighted by Crippen LogP contribution is -2.52. The normalized spacial score (nSPS) is 26.3. The lowest BCUT2D eigenvalue weighted by Gasteiger charge is -2.28. The van der Waals surface area contributed by atoms with Crippen LogP contribution < -0.4 is 16.0 Å². The van der Waals surface area contributed by atoms with Crippen LogP contribution in [0.4, 0.5) is 4.39 Å². The highest BCUT2D eigenvalue weighted by molar-refractivity contribution is 5.97. The van der Waals surface area contributed by atoms with E-state index in [2.05, 4.69) is 28.9 Å². The Morgan fingerprint density at radius 2 is 2.03 bits per heavy atom. The average molecular weight is 447 g/mol. The summed E-state index contributed by atoms with van der Waals surface area (Å²) in [5, 5.41) is 18.6. The maximum absolute atomic E-state index is 14.9. The molecule has 2 fully saturated rings. The zero-order valence-corrected chi connectivity index (χ0v) is 18.5. The third-order valence-electron chi connectivity index (χ3n) is 7.38. The minimum atomic E-state index is -0.795. The molecule has 0 spiro atoms. The molecule has 3 aliphatic rings. The van der Waals surface area contributed by atoms with Crippen LogP contribution in [-0.2, 0) is 17.6 Å². The minimum Gasteiger partial charge on any atom is -0.352 e. The predicted octanol–water partition coefficient (Wildman–Crippen LogP) is 2.72. The zero-order valence-electron chi connectivity index (χ0n) is 18.5. The molecule has 1 saturated carbocycles. The Morgan fingerprint density at radius 1 is 1.24 bits per heavy atom. The summed E-state index contributed by atoms with van der Waals surface area (Å²) in [5.41, 5.74) is 3.56. The molecule has 2 aliphatic heterocycles. The summed E-state index contributed by atoms with van der Waals surface area (Å²) in [6, 6.07) is 11.9. The Balaban J connectivity index is 1.28. The van der Waals surface area contributed by atoms with E-state index in [-0.39, 0.29) is 24.3 Å². The summed E-state index contributed by atoms with van der Waals surface area (Å²) < 4.78 is 14.9. The zero-order chi connectivity index (χ0) is 23.1. The Bertz CT molecular complexity index is 1160. The van der Waals surface area contributed by atoms with Gasteiger partial charge in [0, 0.05) is 24.6 Å². The van der Waals surface area contributed by atoms with Crippen molar-refractivity contribution < 1.29 is 14.0 Å². The van der Waals surface area contributed by atoms with E-state index in [9.17, 15) is 19.2 Å². The van der Waals surface area contributed by atoms with Crippen molar-refractivity contribution in [1.82, 2.24) is 16.0 Å². The number of fused-ring (bicyclic) bond motifs is 3. The third-order valence-corrected chi connectivity index (χ3v) is 7.38. The number of rotatable bonds is 5. The fourth-order valence-electron chi connectivity index (χ4n) is 5.64. The molecule has 2 aromatic rings. The first-order chi connectivity index (χ1) is 15.9. The molecule has 5 atom stereocenters. The molecule has 2 amide bonds. The smallest absolute Gasteiger partial charge is 0.251 e. The fraction of sp³-hybridized carbons (Fsp3) is 0.423. The summed E-state index contributed by atoms with van der Waals surface area (Å²) in [6.07, 6.45) is 2.94. The molecule has 7 heteroatoms. The number of carbonyl (C=O) groups excluding carboxylic acids is 2. The number of hydrogen-bond donors (Lipinski definition) is 3. The van der Waals surface area contributed by atoms with Gasteiger partial charge < -0.3 is 16.0 Å². The van der Waals surface area contributed by atoms with Crippen molar-refractivity contribution in [1.29, 1.82) is 5.26 Å². The number of carbonyl (C=O) groups is 2. The molecule has 170 valence electrons. The van der Waals surface area contributed by atoms with Crippen molar-refractivity contribution in [3.63, 3.8) is 0 Å². The van der Waals surface area contributed by atoms with Crippen molar-refractivity contribution in [3.8, 4) is 17.2 Å². The van der Waals surface area contributed by atoms with Gasteiger partial charge in [-0.25, -0.2) is 4.39 Å². The van der Waals surface area contributed by atoms with Gasteiger partial charge in [0.05, 0.1) is 12.1 Å². The van der Waals surface area contributed by atoms with E-state index >= 15 is 0 Å². The van der Waals surface area contributed by atoms with Crippen molar-refractivity contribution >= 4 is 11.8 Å². The summed E-state index contributed by atoms with van der Waals surface area (Å²) in [4.78, 5) is 24.7. The van der Waals surface area contributed by atoms with E-state index in [1.54, 1.807) is 12.1 Å². The van der Waals surface area contributed by atoms with E-state index in [1.165, 1.54) is 6.07 Å². The number of piperidine rings is 1.